The van der Waals surface area contributed by atoms with Gasteiger partial charge in [0.1, 0.15) is 0 Å². The van der Waals surface area contributed by atoms with Crippen molar-refractivity contribution in [3.8, 4) is 11.5 Å². The van der Waals surface area contributed by atoms with Gasteiger partial charge in [-0.1, -0.05) is 36.4 Å². The number of piperazine rings is 1. The predicted octanol–water partition coefficient (Wildman–Crippen LogP) is 1.65. The van der Waals surface area contributed by atoms with E-state index in [1.807, 2.05) is 53.4 Å². The molecule has 1 N–H and O–H groups in total. The molecule has 8 nitrogen and oxygen atoms in total. The normalized spacial score (nSPS) is 17.2. The molecule has 0 atom stereocenters. The molecule has 2 aromatic rings. The van der Waals surface area contributed by atoms with Crippen molar-refractivity contribution in [2.24, 2.45) is 0 Å². The molecule has 4 rings (SSSR count). The summed E-state index contributed by atoms with van der Waals surface area (Å²) in [6, 6.07) is 14.9. The maximum atomic E-state index is 12.6. The van der Waals surface area contributed by atoms with Gasteiger partial charge in [0.25, 0.3) is 0 Å². The van der Waals surface area contributed by atoms with Crippen molar-refractivity contribution in [3.63, 3.8) is 0 Å². The highest BCUT2D eigenvalue weighted by atomic mass is 32.2. The van der Waals surface area contributed by atoms with Crippen LogP contribution in [0.3, 0.4) is 0 Å². The molecule has 0 saturated carbocycles. The molecular formula is C22H25N3O5S. The van der Waals surface area contributed by atoms with Crippen LogP contribution in [0.2, 0.25) is 0 Å². The number of nitrogens with zero attached hydrogens (tertiary/aromatic N) is 2. The lowest BCUT2D eigenvalue weighted by Gasteiger charge is -2.32. The van der Waals surface area contributed by atoms with Crippen molar-refractivity contribution in [2.75, 3.05) is 39.5 Å². The van der Waals surface area contributed by atoms with E-state index in [4.69, 9.17) is 9.47 Å². The van der Waals surface area contributed by atoms with Gasteiger partial charge in [-0.05, 0) is 29.3 Å². The average molecular weight is 444 g/mol. The zero-order valence-corrected chi connectivity index (χ0v) is 17.9. The molecule has 1 fully saturated rings. The van der Waals surface area contributed by atoms with Crippen LogP contribution < -0.4 is 14.8 Å². The third kappa shape index (κ3) is 5.63. The molecule has 2 aliphatic rings. The number of rotatable bonds is 7. The van der Waals surface area contributed by atoms with Crippen molar-refractivity contribution in [3.05, 3.63) is 65.1 Å². The molecule has 2 heterocycles. The summed E-state index contributed by atoms with van der Waals surface area (Å²) in [6.45, 7) is 2.58. The highest BCUT2D eigenvalue weighted by Gasteiger charge is 2.26. The summed E-state index contributed by atoms with van der Waals surface area (Å²) in [7, 11) is -3.48. The van der Waals surface area contributed by atoms with Crippen LogP contribution in [-0.2, 0) is 21.4 Å². The van der Waals surface area contributed by atoms with Crippen molar-refractivity contribution < 1.29 is 22.7 Å². The van der Waals surface area contributed by atoms with Crippen LogP contribution in [0.1, 0.15) is 11.1 Å². The lowest BCUT2D eigenvalue weighted by Crippen LogP contribution is -2.50. The number of amides is 1. The molecular weight excluding hydrogens is 418 g/mol. The molecule has 0 aromatic heterocycles. The lowest BCUT2D eigenvalue weighted by atomic mass is 10.2. The Morgan fingerprint density at radius 2 is 1.74 bits per heavy atom. The summed E-state index contributed by atoms with van der Waals surface area (Å²) in [5.74, 6) is 1.30. The molecule has 2 aliphatic heterocycles. The third-order valence-electron chi connectivity index (χ3n) is 5.22. The maximum Gasteiger partial charge on any atom is 0.236 e. The summed E-state index contributed by atoms with van der Waals surface area (Å²) in [4.78, 5) is 14.3. The van der Waals surface area contributed by atoms with Crippen LogP contribution in [0.5, 0.6) is 11.5 Å². The van der Waals surface area contributed by atoms with Crippen molar-refractivity contribution in [2.45, 2.75) is 6.54 Å². The molecule has 0 unspecified atom stereocenters. The maximum absolute atomic E-state index is 12.6. The number of hydrogen-bond donors (Lipinski definition) is 1. The topological polar surface area (TPSA) is 88.2 Å². The standard InChI is InChI=1S/C22H25N3O5S/c26-22(23-15-19-6-7-20-21(14-19)30-17-29-20)16-24-9-11-25(12-10-24)31(27,28)13-8-18-4-2-1-3-5-18/h1-8,13-14H,9-12,15-17H2,(H,23,26)/b13-8+. The van der Waals surface area contributed by atoms with E-state index in [1.54, 1.807) is 6.08 Å². The van der Waals surface area contributed by atoms with E-state index < -0.39 is 10.0 Å². The first-order chi connectivity index (χ1) is 15.0. The Morgan fingerprint density at radius 3 is 2.52 bits per heavy atom. The second kappa shape index (κ2) is 9.51. The van der Waals surface area contributed by atoms with Gasteiger partial charge < -0.3 is 14.8 Å². The molecule has 164 valence electrons. The Morgan fingerprint density at radius 1 is 1.00 bits per heavy atom. The second-order valence-electron chi connectivity index (χ2n) is 7.40. The minimum Gasteiger partial charge on any atom is -0.454 e. The number of carbonyl (C=O) groups excluding carboxylic acids is 1. The average Bonchev–Trinajstić information content (AvgIpc) is 3.25. The summed E-state index contributed by atoms with van der Waals surface area (Å²) in [5.41, 5.74) is 1.77. The van der Waals surface area contributed by atoms with Gasteiger partial charge in [0, 0.05) is 38.1 Å². The molecule has 0 radical (unpaired) electrons. The van der Waals surface area contributed by atoms with Gasteiger partial charge in [-0.3, -0.25) is 9.69 Å². The van der Waals surface area contributed by atoms with Crippen LogP contribution in [0.15, 0.2) is 53.9 Å². The SMILES string of the molecule is O=C(CN1CCN(S(=O)(=O)/C=C/c2ccccc2)CC1)NCc1ccc2c(c1)OCO2. The van der Waals surface area contributed by atoms with E-state index in [0.29, 0.717) is 44.2 Å². The second-order valence-corrected chi connectivity index (χ2v) is 9.22. The first kappa shape index (κ1) is 21.4. The monoisotopic (exact) mass is 443 g/mol. The van der Waals surface area contributed by atoms with Crippen molar-refractivity contribution in [1.29, 1.82) is 0 Å². The fourth-order valence-corrected chi connectivity index (χ4v) is 4.64. The Balaban J connectivity index is 1.22. The predicted molar refractivity (Wildman–Crippen MR) is 117 cm³/mol. The minimum absolute atomic E-state index is 0.0991. The van der Waals surface area contributed by atoms with Crippen LogP contribution in [-0.4, -0.2) is 63.0 Å². The molecule has 31 heavy (non-hydrogen) atoms. The Hall–Kier alpha value is -2.88. The van der Waals surface area contributed by atoms with Gasteiger partial charge in [-0.2, -0.15) is 4.31 Å². The number of carbonyl (C=O) groups is 1. The Labute approximate surface area is 182 Å². The number of benzene rings is 2. The first-order valence-corrected chi connectivity index (χ1v) is 11.6. The Kier molecular flexibility index (Phi) is 6.55. The largest absolute Gasteiger partial charge is 0.454 e. The van der Waals surface area contributed by atoms with Gasteiger partial charge >= 0.3 is 0 Å². The third-order valence-corrected chi connectivity index (χ3v) is 6.78. The van der Waals surface area contributed by atoms with Crippen LogP contribution in [0.25, 0.3) is 6.08 Å². The van der Waals surface area contributed by atoms with Gasteiger partial charge in [0.15, 0.2) is 11.5 Å². The number of sulfonamides is 1. The summed E-state index contributed by atoms with van der Waals surface area (Å²) >= 11 is 0. The number of ether oxygens (including phenoxy) is 2. The van der Waals surface area contributed by atoms with Gasteiger partial charge in [-0.15, -0.1) is 0 Å². The molecule has 1 saturated heterocycles. The molecule has 1 amide bonds. The smallest absolute Gasteiger partial charge is 0.236 e. The number of nitrogens with one attached hydrogen (secondary N) is 1. The van der Waals surface area contributed by atoms with E-state index in [0.717, 1.165) is 11.1 Å². The van der Waals surface area contributed by atoms with E-state index in [-0.39, 0.29) is 19.2 Å². The summed E-state index contributed by atoms with van der Waals surface area (Å²) in [6.07, 6.45) is 1.60. The number of hydrogen-bond acceptors (Lipinski definition) is 6. The quantitative estimate of drug-likeness (QED) is 0.700. The van der Waals surface area contributed by atoms with E-state index in [9.17, 15) is 13.2 Å². The highest BCUT2D eigenvalue weighted by molar-refractivity contribution is 7.92. The Bertz CT molecular complexity index is 1050. The van der Waals surface area contributed by atoms with Crippen molar-refractivity contribution in [1.82, 2.24) is 14.5 Å². The van der Waals surface area contributed by atoms with Crippen LogP contribution in [0.4, 0.5) is 0 Å². The fraction of sp³-hybridized carbons (Fsp3) is 0.318. The summed E-state index contributed by atoms with van der Waals surface area (Å²) < 4.78 is 37.2. The first-order valence-electron chi connectivity index (χ1n) is 10.1. The van der Waals surface area contributed by atoms with Gasteiger partial charge in [0.05, 0.1) is 6.54 Å². The zero-order chi connectivity index (χ0) is 21.7. The molecule has 0 aliphatic carbocycles. The highest BCUT2D eigenvalue weighted by Crippen LogP contribution is 2.32. The summed E-state index contributed by atoms with van der Waals surface area (Å²) in [5, 5.41) is 4.14. The molecule has 2 aromatic carbocycles. The zero-order valence-electron chi connectivity index (χ0n) is 17.1. The van der Waals surface area contributed by atoms with Gasteiger partial charge in [-0.25, -0.2) is 8.42 Å². The lowest BCUT2D eigenvalue weighted by molar-refractivity contribution is -0.122. The van der Waals surface area contributed by atoms with Crippen LogP contribution >= 0.6 is 0 Å². The van der Waals surface area contributed by atoms with Gasteiger partial charge in [0.2, 0.25) is 22.7 Å². The van der Waals surface area contributed by atoms with E-state index in [2.05, 4.69) is 5.32 Å². The number of fused-ring (bicyclic) bond motifs is 1. The van der Waals surface area contributed by atoms with Crippen molar-refractivity contribution >= 4 is 22.0 Å². The van der Waals surface area contributed by atoms with E-state index >= 15 is 0 Å². The van der Waals surface area contributed by atoms with Crippen LogP contribution in [0, 0.1) is 0 Å². The molecule has 9 heteroatoms. The molecule has 0 bridgehead atoms. The fourth-order valence-electron chi connectivity index (χ4n) is 3.47. The minimum atomic E-state index is -3.48. The molecule has 0 spiro atoms. The van der Waals surface area contributed by atoms with E-state index in [1.165, 1.54) is 9.71 Å².